The molecule has 0 spiro atoms. The lowest BCUT2D eigenvalue weighted by atomic mass is 9.97. The van der Waals surface area contributed by atoms with Crippen LogP contribution in [0.2, 0.25) is 0 Å². The third kappa shape index (κ3) is 2.86. The fourth-order valence-electron chi connectivity index (χ4n) is 3.29. The molecule has 2 aliphatic rings. The predicted octanol–water partition coefficient (Wildman–Crippen LogP) is 2.15. The molecule has 0 radical (unpaired) electrons. The van der Waals surface area contributed by atoms with Crippen molar-refractivity contribution in [3.05, 3.63) is 17.7 Å². The minimum absolute atomic E-state index is 0.363. The van der Waals surface area contributed by atoms with Gasteiger partial charge in [-0.15, -0.1) is 0 Å². The van der Waals surface area contributed by atoms with Gasteiger partial charge >= 0.3 is 0 Å². The average molecular weight is 282 g/mol. The van der Waals surface area contributed by atoms with Crippen LogP contribution in [0.1, 0.15) is 50.2 Å². The summed E-state index contributed by atoms with van der Waals surface area (Å²) in [6, 6.07) is 0.566. The summed E-state index contributed by atoms with van der Waals surface area (Å²) in [6.07, 6.45) is 8.32. The van der Waals surface area contributed by atoms with Crippen LogP contribution in [0.15, 0.2) is 6.20 Å². The van der Waals surface area contributed by atoms with E-state index >= 15 is 0 Å². The molecule has 1 atom stereocenters. The van der Waals surface area contributed by atoms with Crippen LogP contribution in [0.25, 0.3) is 0 Å². The zero-order valence-corrected chi connectivity index (χ0v) is 12.3. The standard InChI is InChI=1S/C14H22N2O2S/c1-11-3-2-4-14-15-13(10-16(11)14)9-12-5-7-19(17,18)8-6-12/h10-12H,2-9H2,1H3. The van der Waals surface area contributed by atoms with Gasteiger partial charge in [0.2, 0.25) is 0 Å². The average Bonchev–Trinajstić information content (AvgIpc) is 2.76. The molecule has 0 bridgehead atoms. The van der Waals surface area contributed by atoms with Gasteiger partial charge in [0, 0.05) is 18.7 Å². The molecular weight excluding hydrogens is 260 g/mol. The Bertz CT molecular complexity index is 548. The molecule has 0 amide bonds. The molecule has 106 valence electrons. The van der Waals surface area contributed by atoms with Crippen LogP contribution in [-0.4, -0.2) is 29.5 Å². The van der Waals surface area contributed by atoms with Gasteiger partial charge < -0.3 is 4.57 Å². The van der Waals surface area contributed by atoms with Crippen molar-refractivity contribution in [2.24, 2.45) is 5.92 Å². The molecule has 0 aliphatic carbocycles. The summed E-state index contributed by atoms with van der Waals surface area (Å²) in [5.41, 5.74) is 1.16. The van der Waals surface area contributed by atoms with Gasteiger partial charge in [-0.1, -0.05) is 0 Å². The molecule has 3 rings (SSSR count). The Morgan fingerprint density at radius 1 is 1.32 bits per heavy atom. The number of sulfone groups is 1. The van der Waals surface area contributed by atoms with Gasteiger partial charge in [0.15, 0.2) is 0 Å². The molecule has 1 aromatic heterocycles. The zero-order valence-electron chi connectivity index (χ0n) is 11.5. The van der Waals surface area contributed by atoms with Crippen molar-refractivity contribution in [2.45, 2.75) is 51.5 Å². The summed E-state index contributed by atoms with van der Waals surface area (Å²) in [7, 11) is -2.74. The Labute approximate surface area is 115 Å². The van der Waals surface area contributed by atoms with Crippen LogP contribution in [0.5, 0.6) is 0 Å². The van der Waals surface area contributed by atoms with Gasteiger partial charge in [0.25, 0.3) is 0 Å². The van der Waals surface area contributed by atoms with Crippen molar-refractivity contribution in [3.8, 4) is 0 Å². The first kappa shape index (κ1) is 13.2. The lowest BCUT2D eigenvalue weighted by Crippen LogP contribution is -2.24. The Kier molecular flexibility index (Phi) is 3.41. The maximum absolute atomic E-state index is 11.4. The van der Waals surface area contributed by atoms with Crippen LogP contribution in [0, 0.1) is 5.92 Å². The molecule has 3 heterocycles. The number of imidazole rings is 1. The van der Waals surface area contributed by atoms with Crippen molar-refractivity contribution in [2.75, 3.05) is 11.5 Å². The molecule has 4 nitrogen and oxygen atoms in total. The van der Waals surface area contributed by atoms with E-state index in [1.165, 1.54) is 18.7 Å². The van der Waals surface area contributed by atoms with Crippen LogP contribution < -0.4 is 0 Å². The van der Waals surface area contributed by atoms with Gasteiger partial charge in [-0.2, -0.15) is 0 Å². The van der Waals surface area contributed by atoms with Crippen LogP contribution >= 0.6 is 0 Å². The molecular formula is C14H22N2O2S. The van der Waals surface area contributed by atoms with Gasteiger partial charge in [-0.05, 0) is 44.9 Å². The smallest absolute Gasteiger partial charge is 0.150 e. The number of nitrogens with zero attached hydrogens (tertiary/aromatic N) is 2. The number of aryl methyl sites for hydroxylation is 1. The highest BCUT2D eigenvalue weighted by atomic mass is 32.2. The maximum Gasteiger partial charge on any atom is 0.150 e. The first-order chi connectivity index (χ1) is 9.03. The number of rotatable bonds is 2. The van der Waals surface area contributed by atoms with Gasteiger partial charge in [0.1, 0.15) is 15.7 Å². The predicted molar refractivity (Wildman–Crippen MR) is 75.0 cm³/mol. The van der Waals surface area contributed by atoms with Crippen LogP contribution in [0.4, 0.5) is 0 Å². The van der Waals surface area contributed by atoms with E-state index in [0.29, 0.717) is 23.5 Å². The molecule has 19 heavy (non-hydrogen) atoms. The minimum Gasteiger partial charge on any atom is -0.332 e. The van der Waals surface area contributed by atoms with E-state index < -0.39 is 9.84 Å². The molecule has 0 N–H and O–H groups in total. The highest BCUT2D eigenvalue weighted by molar-refractivity contribution is 7.91. The summed E-state index contributed by atoms with van der Waals surface area (Å²) >= 11 is 0. The highest BCUT2D eigenvalue weighted by Gasteiger charge is 2.25. The van der Waals surface area contributed by atoms with E-state index in [-0.39, 0.29) is 0 Å². The van der Waals surface area contributed by atoms with Gasteiger partial charge in [-0.25, -0.2) is 13.4 Å². The number of aromatic nitrogens is 2. The molecule has 1 unspecified atom stereocenters. The van der Waals surface area contributed by atoms with E-state index in [2.05, 4.69) is 17.7 Å². The lowest BCUT2D eigenvalue weighted by molar-refractivity contribution is 0.425. The van der Waals surface area contributed by atoms with Crippen LogP contribution in [0.3, 0.4) is 0 Å². The first-order valence-corrected chi connectivity index (χ1v) is 9.13. The zero-order chi connectivity index (χ0) is 13.5. The normalized spacial score (nSPS) is 27.1. The molecule has 0 saturated carbocycles. The summed E-state index contributed by atoms with van der Waals surface area (Å²) < 4.78 is 25.2. The first-order valence-electron chi connectivity index (χ1n) is 7.30. The molecule has 2 aliphatic heterocycles. The van der Waals surface area contributed by atoms with Gasteiger partial charge in [-0.3, -0.25) is 0 Å². The van der Waals surface area contributed by atoms with E-state index in [0.717, 1.165) is 31.4 Å². The third-order valence-electron chi connectivity index (χ3n) is 4.53. The Morgan fingerprint density at radius 3 is 2.74 bits per heavy atom. The molecule has 1 aromatic rings. The second-order valence-corrected chi connectivity index (χ2v) is 8.40. The van der Waals surface area contributed by atoms with E-state index in [1.54, 1.807) is 0 Å². The van der Waals surface area contributed by atoms with Crippen molar-refractivity contribution in [1.29, 1.82) is 0 Å². The van der Waals surface area contributed by atoms with E-state index in [1.807, 2.05) is 0 Å². The summed E-state index contributed by atoms with van der Waals surface area (Å²) in [6.45, 7) is 2.25. The topological polar surface area (TPSA) is 52.0 Å². The SMILES string of the molecule is CC1CCCc2nc(CC3CCS(=O)(=O)CC3)cn21. The third-order valence-corrected chi connectivity index (χ3v) is 6.24. The fourth-order valence-corrected chi connectivity index (χ4v) is 4.87. The van der Waals surface area contributed by atoms with E-state index in [4.69, 9.17) is 4.98 Å². The quantitative estimate of drug-likeness (QED) is 0.835. The van der Waals surface area contributed by atoms with Crippen LogP contribution in [-0.2, 0) is 22.7 Å². The molecule has 1 fully saturated rings. The van der Waals surface area contributed by atoms with Crippen molar-refractivity contribution < 1.29 is 8.42 Å². The van der Waals surface area contributed by atoms with E-state index in [9.17, 15) is 8.42 Å². The lowest BCUT2D eigenvalue weighted by Gasteiger charge is -2.21. The Morgan fingerprint density at radius 2 is 2.05 bits per heavy atom. The Hall–Kier alpha value is -0.840. The molecule has 5 heteroatoms. The summed E-state index contributed by atoms with van der Waals surface area (Å²) in [4.78, 5) is 4.75. The number of fused-ring (bicyclic) bond motifs is 1. The van der Waals surface area contributed by atoms with Crippen molar-refractivity contribution >= 4 is 9.84 Å². The number of hydrogen-bond acceptors (Lipinski definition) is 3. The molecule has 1 saturated heterocycles. The Balaban J connectivity index is 1.68. The maximum atomic E-state index is 11.4. The fraction of sp³-hybridized carbons (Fsp3) is 0.786. The second kappa shape index (κ2) is 4.93. The monoisotopic (exact) mass is 282 g/mol. The summed E-state index contributed by atoms with van der Waals surface area (Å²) in [5.74, 6) is 2.44. The second-order valence-electron chi connectivity index (χ2n) is 6.10. The number of hydrogen-bond donors (Lipinski definition) is 0. The van der Waals surface area contributed by atoms with Gasteiger partial charge in [0.05, 0.1) is 17.2 Å². The van der Waals surface area contributed by atoms with Crippen molar-refractivity contribution in [3.63, 3.8) is 0 Å². The summed E-state index contributed by atoms with van der Waals surface area (Å²) in [5, 5.41) is 0. The largest absolute Gasteiger partial charge is 0.332 e. The minimum atomic E-state index is -2.74. The van der Waals surface area contributed by atoms with Crippen molar-refractivity contribution in [1.82, 2.24) is 9.55 Å². The highest BCUT2D eigenvalue weighted by Crippen LogP contribution is 2.27. The molecule has 0 aromatic carbocycles.